The van der Waals surface area contributed by atoms with Crippen LogP contribution in [-0.2, 0) is 20.0 Å². The first kappa shape index (κ1) is 25.2. The minimum atomic E-state index is 0.302. The Hall–Kier alpha value is -4.06. The van der Waals surface area contributed by atoms with Crippen LogP contribution in [0.25, 0.3) is 33.1 Å². The van der Waals surface area contributed by atoms with E-state index in [0.29, 0.717) is 17.8 Å². The Kier molecular flexibility index (Phi) is 6.42. The topological polar surface area (TPSA) is 60.7 Å². The molecule has 1 N–H and O–H groups in total. The molecule has 0 aliphatic carbocycles. The number of pyridine rings is 2. The number of hydrogen-bond donors (Lipinski definition) is 1. The van der Waals surface area contributed by atoms with Crippen LogP contribution in [0, 0.1) is 0 Å². The van der Waals surface area contributed by atoms with E-state index in [2.05, 4.69) is 101 Å². The molecule has 0 saturated carbocycles. The number of rotatable bonds is 8. The molecule has 2 unspecified atom stereocenters. The van der Waals surface area contributed by atoms with Gasteiger partial charge in [0, 0.05) is 84.7 Å². The minimum Gasteiger partial charge on any atom is -0.497 e. The molecule has 0 amide bonds. The fourth-order valence-electron chi connectivity index (χ4n) is 6.13. The van der Waals surface area contributed by atoms with E-state index in [-0.39, 0.29) is 0 Å². The minimum absolute atomic E-state index is 0.302. The van der Waals surface area contributed by atoms with Gasteiger partial charge in [0.15, 0.2) is 0 Å². The largest absolute Gasteiger partial charge is 0.497 e. The molecule has 39 heavy (non-hydrogen) atoms. The average molecular weight is 520 g/mol. The number of benzene rings is 1. The highest BCUT2D eigenvalue weighted by atomic mass is 16.5. The number of H-pyrrole nitrogens is 1. The average Bonchev–Trinajstić information content (AvgIpc) is 3.64. The molecule has 3 aromatic heterocycles. The lowest BCUT2D eigenvalue weighted by Gasteiger charge is -2.15. The van der Waals surface area contributed by atoms with Gasteiger partial charge < -0.3 is 18.9 Å². The molecular weight excluding hydrogens is 482 g/mol. The molecular formula is C33H37N5O. The Morgan fingerprint density at radius 3 is 2.59 bits per heavy atom. The molecule has 4 aromatic rings. The van der Waals surface area contributed by atoms with Gasteiger partial charge in [0.2, 0.25) is 0 Å². The van der Waals surface area contributed by atoms with Gasteiger partial charge in [-0.25, -0.2) is 0 Å². The molecule has 2 aliphatic heterocycles. The lowest BCUT2D eigenvalue weighted by Crippen LogP contribution is -2.06. The number of ether oxygens (including phenoxy) is 1. The summed E-state index contributed by atoms with van der Waals surface area (Å²) in [6, 6.07) is 8.67. The van der Waals surface area contributed by atoms with Crippen molar-refractivity contribution in [2.24, 2.45) is 7.05 Å². The van der Waals surface area contributed by atoms with Crippen molar-refractivity contribution in [3.8, 4) is 17.0 Å². The quantitative estimate of drug-likeness (QED) is 0.225. The summed E-state index contributed by atoms with van der Waals surface area (Å²) in [6.07, 6.45) is 15.6. The van der Waals surface area contributed by atoms with Crippen molar-refractivity contribution in [2.45, 2.75) is 58.4 Å². The second-order valence-electron chi connectivity index (χ2n) is 11.4. The summed E-state index contributed by atoms with van der Waals surface area (Å²) in [5, 5.41) is 2.48. The Balaban J connectivity index is 1.34. The lowest BCUT2D eigenvalue weighted by atomic mass is 9.92. The van der Waals surface area contributed by atoms with Gasteiger partial charge in [-0.1, -0.05) is 27.7 Å². The molecule has 1 aromatic carbocycles. The van der Waals surface area contributed by atoms with Gasteiger partial charge in [-0.2, -0.15) is 0 Å². The fourth-order valence-corrected chi connectivity index (χ4v) is 6.13. The summed E-state index contributed by atoms with van der Waals surface area (Å²) in [5.41, 5.74) is 9.96. The highest BCUT2D eigenvalue weighted by Gasteiger charge is 2.21. The Morgan fingerprint density at radius 2 is 1.79 bits per heavy atom. The monoisotopic (exact) mass is 519 g/mol. The normalized spacial score (nSPS) is 13.6. The SMILES string of the molecule is COc1cc(CC(C)c2cn(CC(C)c3cnc4cn(C)ccc3-4)c3ccncc23)c2[nH]cc(C(C)C)c2c1. The maximum atomic E-state index is 5.71. The second-order valence-corrected chi connectivity index (χ2v) is 11.4. The van der Waals surface area contributed by atoms with Gasteiger partial charge in [-0.05, 0) is 64.8 Å². The molecule has 0 saturated heterocycles. The molecule has 0 radical (unpaired) electrons. The van der Waals surface area contributed by atoms with Crippen LogP contribution in [0.15, 0.2) is 67.6 Å². The molecule has 6 nitrogen and oxygen atoms in total. The number of nitrogens with zero attached hydrogens (tertiary/aromatic N) is 4. The van der Waals surface area contributed by atoms with Gasteiger partial charge in [-0.3, -0.25) is 9.97 Å². The van der Waals surface area contributed by atoms with Crippen LogP contribution in [0.2, 0.25) is 0 Å². The zero-order valence-electron chi connectivity index (χ0n) is 23.7. The second kappa shape index (κ2) is 9.92. The standard InChI is InChI=1S/C33H37N5O/c1-20(2)27-15-36-33-23(12-24(39-6)13-26(27)33)11-21(3)30-18-38(32-7-9-34-14-29(30)32)17-22(4)28-16-35-31-19-37(5)10-8-25(28)31/h7-10,12-16,18-22,36H,11,17H2,1-6H3. The third kappa shape index (κ3) is 4.48. The summed E-state index contributed by atoms with van der Waals surface area (Å²) in [5.74, 6) is 1.98. The van der Waals surface area contributed by atoms with Gasteiger partial charge in [0.25, 0.3) is 0 Å². The fraction of sp³-hybridized carbons (Fsp3) is 0.333. The first-order chi connectivity index (χ1) is 18.8. The number of aryl methyl sites for hydroxylation is 1. The van der Waals surface area contributed by atoms with Crippen molar-refractivity contribution < 1.29 is 4.74 Å². The molecule has 2 atom stereocenters. The molecule has 0 spiro atoms. The van der Waals surface area contributed by atoms with Gasteiger partial charge >= 0.3 is 0 Å². The van der Waals surface area contributed by atoms with E-state index in [9.17, 15) is 0 Å². The van der Waals surface area contributed by atoms with E-state index in [1.54, 1.807) is 7.11 Å². The van der Waals surface area contributed by atoms with Crippen molar-refractivity contribution in [1.29, 1.82) is 0 Å². The summed E-state index contributed by atoms with van der Waals surface area (Å²) in [7, 11) is 3.79. The number of hydrogen-bond acceptors (Lipinski definition) is 3. The number of fused-ring (bicyclic) bond motifs is 3. The summed E-state index contributed by atoms with van der Waals surface area (Å²) < 4.78 is 10.2. The van der Waals surface area contributed by atoms with Crippen molar-refractivity contribution in [1.82, 2.24) is 24.1 Å². The predicted octanol–water partition coefficient (Wildman–Crippen LogP) is 7.64. The highest BCUT2D eigenvalue weighted by Crippen LogP contribution is 2.37. The lowest BCUT2D eigenvalue weighted by molar-refractivity contribution is 0.415. The molecule has 6 heteroatoms. The number of aromatic nitrogens is 5. The van der Waals surface area contributed by atoms with Gasteiger partial charge in [0.05, 0.1) is 18.3 Å². The highest BCUT2D eigenvalue weighted by molar-refractivity contribution is 5.88. The van der Waals surface area contributed by atoms with E-state index < -0.39 is 0 Å². The molecule has 5 heterocycles. The number of aromatic amines is 1. The Bertz CT molecular complexity index is 1740. The van der Waals surface area contributed by atoms with Crippen LogP contribution in [0.3, 0.4) is 0 Å². The van der Waals surface area contributed by atoms with Gasteiger partial charge in [-0.15, -0.1) is 0 Å². The number of nitrogens with one attached hydrogen (secondary N) is 1. The zero-order chi connectivity index (χ0) is 27.3. The third-order valence-electron chi connectivity index (χ3n) is 8.24. The Labute approximate surface area is 230 Å². The number of methoxy groups -OCH3 is 1. The third-order valence-corrected chi connectivity index (χ3v) is 8.24. The van der Waals surface area contributed by atoms with Crippen LogP contribution in [-0.4, -0.2) is 31.2 Å². The smallest absolute Gasteiger partial charge is 0.119 e. The van der Waals surface area contributed by atoms with E-state index in [4.69, 9.17) is 4.74 Å². The van der Waals surface area contributed by atoms with E-state index in [1.165, 1.54) is 49.6 Å². The molecule has 2 aliphatic rings. The first-order valence-corrected chi connectivity index (χ1v) is 13.8. The van der Waals surface area contributed by atoms with E-state index >= 15 is 0 Å². The molecule has 200 valence electrons. The van der Waals surface area contributed by atoms with Crippen LogP contribution in [0.5, 0.6) is 5.75 Å². The Morgan fingerprint density at radius 1 is 0.949 bits per heavy atom. The zero-order valence-corrected chi connectivity index (χ0v) is 23.7. The van der Waals surface area contributed by atoms with Crippen molar-refractivity contribution >= 4 is 21.8 Å². The molecule has 0 fully saturated rings. The maximum absolute atomic E-state index is 5.71. The van der Waals surface area contributed by atoms with Crippen LogP contribution in [0.1, 0.15) is 67.7 Å². The molecule has 6 rings (SSSR count). The van der Waals surface area contributed by atoms with Crippen molar-refractivity contribution in [2.75, 3.05) is 7.11 Å². The summed E-state index contributed by atoms with van der Waals surface area (Å²) >= 11 is 0. The van der Waals surface area contributed by atoms with Crippen LogP contribution >= 0.6 is 0 Å². The van der Waals surface area contributed by atoms with Crippen molar-refractivity contribution in [3.05, 3.63) is 89.9 Å². The predicted molar refractivity (Wildman–Crippen MR) is 159 cm³/mol. The summed E-state index contributed by atoms with van der Waals surface area (Å²) in [6.45, 7) is 9.97. The van der Waals surface area contributed by atoms with Gasteiger partial charge in [0.1, 0.15) is 5.75 Å². The van der Waals surface area contributed by atoms with E-state index in [1.807, 2.05) is 25.6 Å². The first-order valence-electron chi connectivity index (χ1n) is 13.8. The van der Waals surface area contributed by atoms with Crippen LogP contribution < -0.4 is 4.74 Å². The maximum Gasteiger partial charge on any atom is 0.119 e. The van der Waals surface area contributed by atoms with E-state index in [0.717, 1.165) is 24.4 Å². The molecule has 0 bridgehead atoms. The van der Waals surface area contributed by atoms with Crippen LogP contribution in [0.4, 0.5) is 0 Å². The summed E-state index contributed by atoms with van der Waals surface area (Å²) in [4.78, 5) is 12.8. The van der Waals surface area contributed by atoms with Crippen molar-refractivity contribution in [3.63, 3.8) is 0 Å².